The highest BCUT2D eigenvalue weighted by Crippen LogP contribution is 2.33. The second kappa shape index (κ2) is 8.85. The van der Waals surface area contributed by atoms with Crippen LogP contribution in [0.5, 0.6) is 0 Å². The fraction of sp³-hybridized carbons (Fsp3) is 0.111. The van der Waals surface area contributed by atoms with Crippen molar-refractivity contribution < 1.29 is 9.59 Å². The van der Waals surface area contributed by atoms with Gasteiger partial charge in [0, 0.05) is 26.8 Å². The zero-order valence-electron chi connectivity index (χ0n) is 18.0. The third-order valence-corrected chi connectivity index (χ3v) is 6.98. The molecule has 33 heavy (non-hydrogen) atoms. The number of amides is 2. The Labute approximate surface area is 201 Å². The summed E-state index contributed by atoms with van der Waals surface area (Å²) >= 11 is 7.81. The number of carbonyl (C=O) groups is 2. The standard InChI is InChI=1S/C27H21ClN2O2S/c1-17-24(12-13-33-17)26(31)29-23-9-6-18(7-10-23)27(32)30-16-20-5-3-2-4-19(20)14-21-15-22(28)8-11-25(21)30/h2-13,15H,14,16H2,1H3,(H,29,31). The first-order valence-corrected chi connectivity index (χ1v) is 11.9. The molecule has 0 saturated carbocycles. The van der Waals surface area contributed by atoms with Crippen molar-refractivity contribution in [3.8, 4) is 0 Å². The summed E-state index contributed by atoms with van der Waals surface area (Å²) in [6.45, 7) is 2.41. The summed E-state index contributed by atoms with van der Waals surface area (Å²) in [6.07, 6.45) is 0.725. The zero-order chi connectivity index (χ0) is 22.9. The van der Waals surface area contributed by atoms with Crippen LogP contribution >= 0.6 is 22.9 Å². The summed E-state index contributed by atoms with van der Waals surface area (Å²) < 4.78 is 0. The molecule has 0 atom stereocenters. The van der Waals surface area contributed by atoms with E-state index < -0.39 is 0 Å². The van der Waals surface area contributed by atoms with Crippen LogP contribution < -0.4 is 10.2 Å². The average Bonchev–Trinajstić information content (AvgIpc) is 3.17. The van der Waals surface area contributed by atoms with Crippen LogP contribution in [0.2, 0.25) is 5.02 Å². The Morgan fingerprint density at radius 3 is 2.42 bits per heavy atom. The predicted octanol–water partition coefficient (Wildman–Crippen LogP) is 6.71. The van der Waals surface area contributed by atoms with Gasteiger partial charge in [-0.3, -0.25) is 9.59 Å². The summed E-state index contributed by atoms with van der Waals surface area (Å²) in [7, 11) is 0. The molecular weight excluding hydrogens is 452 g/mol. The molecule has 0 radical (unpaired) electrons. The Kier molecular flexibility index (Phi) is 5.75. The topological polar surface area (TPSA) is 49.4 Å². The van der Waals surface area contributed by atoms with Crippen molar-refractivity contribution in [1.82, 2.24) is 0 Å². The number of hydrogen-bond donors (Lipinski definition) is 1. The van der Waals surface area contributed by atoms with Gasteiger partial charge in [0.2, 0.25) is 0 Å². The zero-order valence-corrected chi connectivity index (χ0v) is 19.5. The average molecular weight is 473 g/mol. The molecule has 0 unspecified atom stereocenters. The second-order valence-electron chi connectivity index (χ2n) is 8.03. The highest BCUT2D eigenvalue weighted by molar-refractivity contribution is 7.10. The van der Waals surface area contributed by atoms with E-state index in [-0.39, 0.29) is 11.8 Å². The van der Waals surface area contributed by atoms with Crippen molar-refractivity contribution in [2.24, 2.45) is 0 Å². The first kappa shape index (κ1) is 21.4. The van der Waals surface area contributed by atoms with E-state index in [2.05, 4.69) is 17.4 Å². The lowest BCUT2D eigenvalue weighted by Crippen LogP contribution is -2.30. The molecule has 1 aliphatic heterocycles. The van der Waals surface area contributed by atoms with Crippen molar-refractivity contribution >= 4 is 46.1 Å². The fourth-order valence-electron chi connectivity index (χ4n) is 4.16. The van der Waals surface area contributed by atoms with Crippen LogP contribution in [0.3, 0.4) is 0 Å². The molecule has 2 heterocycles. The first-order chi connectivity index (χ1) is 16.0. The van der Waals surface area contributed by atoms with Crippen LogP contribution in [0.15, 0.2) is 78.2 Å². The van der Waals surface area contributed by atoms with E-state index >= 15 is 0 Å². The van der Waals surface area contributed by atoms with Gasteiger partial charge < -0.3 is 10.2 Å². The Balaban J connectivity index is 1.43. The van der Waals surface area contributed by atoms with Gasteiger partial charge in [0.05, 0.1) is 12.1 Å². The lowest BCUT2D eigenvalue weighted by atomic mass is 10.0. The number of benzene rings is 3. The SMILES string of the molecule is Cc1sccc1C(=O)Nc1ccc(C(=O)N2Cc3ccccc3Cc3cc(Cl)ccc32)cc1. The van der Waals surface area contributed by atoms with Gasteiger partial charge in [-0.05, 0) is 83.9 Å². The minimum Gasteiger partial charge on any atom is -0.322 e. The maximum Gasteiger partial charge on any atom is 0.258 e. The van der Waals surface area contributed by atoms with Crippen LogP contribution in [0.4, 0.5) is 11.4 Å². The monoisotopic (exact) mass is 472 g/mol. The quantitative estimate of drug-likeness (QED) is 0.360. The molecule has 1 aromatic heterocycles. The smallest absolute Gasteiger partial charge is 0.258 e. The number of carbonyl (C=O) groups excluding carboxylic acids is 2. The summed E-state index contributed by atoms with van der Waals surface area (Å²) in [5.74, 6) is -0.246. The number of rotatable bonds is 3. The second-order valence-corrected chi connectivity index (χ2v) is 9.59. The van der Waals surface area contributed by atoms with Gasteiger partial charge in [-0.15, -0.1) is 11.3 Å². The van der Waals surface area contributed by atoms with E-state index in [1.54, 1.807) is 29.2 Å². The minimum absolute atomic E-state index is 0.0955. The Bertz CT molecular complexity index is 1360. The summed E-state index contributed by atoms with van der Waals surface area (Å²) in [5, 5.41) is 5.46. The number of nitrogens with one attached hydrogen (secondary N) is 1. The van der Waals surface area contributed by atoms with Crippen molar-refractivity contribution in [3.63, 3.8) is 0 Å². The molecule has 0 fully saturated rings. The van der Waals surface area contributed by atoms with Crippen molar-refractivity contribution in [3.05, 3.63) is 116 Å². The van der Waals surface area contributed by atoms with Gasteiger partial charge in [-0.1, -0.05) is 35.9 Å². The Morgan fingerprint density at radius 2 is 1.70 bits per heavy atom. The largest absolute Gasteiger partial charge is 0.322 e. The maximum atomic E-state index is 13.6. The Morgan fingerprint density at radius 1 is 0.939 bits per heavy atom. The molecule has 0 aliphatic carbocycles. The van der Waals surface area contributed by atoms with E-state index in [0.717, 1.165) is 28.1 Å². The van der Waals surface area contributed by atoms with E-state index in [4.69, 9.17) is 11.6 Å². The van der Waals surface area contributed by atoms with Crippen LogP contribution in [0.25, 0.3) is 0 Å². The van der Waals surface area contributed by atoms with E-state index in [9.17, 15) is 9.59 Å². The summed E-state index contributed by atoms with van der Waals surface area (Å²) in [6, 6.07) is 22.7. The maximum absolute atomic E-state index is 13.6. The lowest BCUT2D eigenvalue weighted by molar-refractivity contribution is 0.0984. The molecule has 0 spiro atoms. The third kappa shape index (κ3) is 4.30. The molecule has 1 aliphatic rings. The number of aryl methyl sites for hydroxylation is 1. The summed E-state index contributed by atoms with van der Waals surface area (Å²) in [5.41, 5.74) is 6.07. The molecule has 2 amide bonds. The molecule has 5 rings (SSSR count). The lowest BCUT2D eigenvalue weighted by Gasteiger charge is -2.24. The molecule has 4 aromatic rings. The van der Waals surface area contributed by atoms with E-state index in [1.165, 1.54) is 16.9 Å². The van der Waals surface area contributed by atoms with Crippen LogP contribution in [0, 0.1) is 6.92 Å². The number of fused-ring (bicyclic) bond motifs is 2. The summed E-state index contributed by atoms with van der Waals surface area (Å²) in [4.78, 5) is 28.9. The van der Waals surface area contributed by atoms with E-state index in [1.807, 2.05) is 48.7 Å². The van der Waals surface area contributed by atoms with Gasteiger partial charge in [0.25, 0.3) is 11.8 Å². The van der Waals surface area contributed by atoms with Crippen molar-refractivity contribution in [2.75, 3.05) is 10.2 Å². The van der Waals surface area contributed by atoms with Gasteiger partial charge in [0.15, 0.2) is 0 Å². The van der Waals surface area contributed by atoms with Crippen molar-refractivity contribution in [2.45, 2.75) is 19.9 Å². The molecule has 0 bridgehead atoms. The number of nitrogens with zero attached hydrogens (tertiary/aromatic N) is 1. The van der Waals surface area contributed by atoms with E-state index in [0.29, 0.717) is 28.4 Å². The van der Waals surface area contributed by atoms with Crippen LogP contribution in [-0.2, 0) is 13.0 Å². The highest BCUT2D eigenvalue weighted by atomic mass is 35.5. The molecule has 3 aromatic carbocycles. The number of anilines is 2. The third-order valence-electron chi connectivity index (χ3n) is 5.90. The highest BCUT2D eigenvalue weighted by Gasteiger charge is 2.25. The Hall–Kier alpha value is -3.41. The molecule has 6 heteroatoms. The van der Waals surface area contributed by atoms with Gasteiger partial charge >= 0.3 is 0 Å². The van der Waals surface area contributed by atoms with Gasteiger partial charge in [-0.25, -0.2) is 0 Å². The minimum atomic E-state index is -0.150. The molecule has 164 valence electrons. The van der Waals surface area contributed by atoms with Gasteiger partial charge in [0.1, 0.15) is 0 Å². The number of thiophene rings is 1. The first-order valence-electron chi connectivity index (χ1n) is 10.6. The number of hydrogen-bond acceptors (Lipinski definition) is 3. The van der Waals surface area contributed by atoms with Crippen molar-refractivity contribution in [1.29, 1.82) is 0 Å². The predicted molar refractivity (Wildman–Crippen MR) is 135 cm³/mol. The fourth-order valence-corrected chi connectivity index (χ4v) is 5.05. The van der Waals surface area contributed by atoms with Gasteiger partial charge in [-0.2, -0.15) is 0 Å². The normalized spacial score (nSPS) is 12.5. The molecule has 0 saturated heterocycles. The molecular formula is C27H21ClN2O2S. The molecule has 4 nitrogen and oxygen atoms in total. The number of halogens is 1. The van der Waals surface area contributed by atoms with Crippen LogP contribution in [-0.4, -0.2) is 11.8 Å². The van der Waals surface area contributed by atoms with Crippen LogP contribution in [0.1, 0.15) is 42.3 Å². The molecule has 1 N–H and O–H groups in total.